The van der Waals surface area contributed by atoms with E-state index in [-0.39, 0.29) is 59.7 Å². The minimum atomic E-state index is -1.45. The number of fused-ring (bicyclic) bond motifs is 4. The first kappa shape index (κ1) is 91.5. The Morgan fingerprint density at radius 1 is 0.420 bits per heavy atom. The molecule has 615 valence electrons. The summed E-state index contributed by atoms with van der Waals surface area (Å²) in [6, 6.07) is 51.7. The molecule has 7 aromatic carbocycles. The Morgan fingerprint density at radius 2 is 0.748 bits per heavy atom. The number of para-hydroxylation sites is 4. The van der Waals surface area contributed by atoms with Crippen LogP contribution in [0.15, 0.2) is 170 Å². The van der Waals surface area contributed by atoms with Gasteiger partial charge in [-0.2, -0.15) is 0 Å². The predicted octanol–water partition coefficient (Wildman–Crippen LogP) is 18.9. The van der Waals surface area contributed by atoms with Crippen molar-refractivity contribution in [2.45, 2.75) is 146 Å². The smallest absolute Gasteiger partial charge is 0.339 e. The van der Waals surface area contributed by atoms with Gasteiger partial charge in [-0.15, -0.1) is 23.6 Å². The van der Waals surface area contributed by atoms with E-state index in [0.717, 1.165) is 146 Å². The summed E-state index contributed by atoms with van der Waals surface area (Å²) in [6.45, 7) is 20.5. The number of methoxy groups -OCH3 is 3. The molecule has 24 heteroatoms. The van der Waals surface area contributed by atoms with Crippen LogP contribution in [0.25, 0.3) is 110 Å². The van der Waals surface area contributed by atoms with Crippen LogP contribution in [-0.4, -0.2) is 126 Å². The van der Waals surface area contributed by atoms with Gasteiger partial charge in [0.2, 0.25) is 0 Å². The molecule has 0 saturated carbocycles. The van der Waals surface area contributed by atoms with E-state index in [9.17, 15) is 34.5 Å². The topological polar surface area (TPSA) is 293 Å². The molecule has 3 aliphatic heterocycles. The number of carbonyl (C=O) groups is 4. The number of aryl methyl sites for hydroxylation is 4. The van der Waals surface area contributed by atoms with E-state index in [1.807, 2.05) is 213 Å². The normalized spacial score (nSPS) is 13.3. The Bertz CT molecular complexity index is 6140. The van der Waals surface area contributed by atoms with Crippen molar-refractivity contribution in [2.24, 2.45) is 0 Å². The number of carbonyl (C=O) groups excluding carboxylic acids is 3. The maximum absolute atomic E-state index is 13.1. The molecule has 119 heavy (non-hydrogen) atoms. The number of hydrogen-bond donors (Lipinski definition) is 3. The number of hydrogen-bond acceptors (Lipinski definition) is 21. The number of aromatic nitrogens is 7. The monoisotopic (exact) mass is 1690 g/mol. The van der Waals surface area contributed by atoms with Gasteiger partial charge in [-0.1, -0.05) is 101 Å². The van der Waals surface area contributed by atoms with Crippen LogP contribution < -0.4 is 14.2 Å². The van der Waals surface area contributed by atoms with E-state index in [2.05, 4.69) is 31.8 Å². The zero-order chi connectivity index (χ0) is 80.6. The third kappa shape index (κ3) is 18.4. The molecule has 0 bridgehead atoms. The molecule has 1 radical (unpaired) electrons. The summed E-state index contributed by atoms with van der Waals surface area (Å²) in [6.07, 6.45) is 2.98. The first-order valence-corrected chi connectivity index (χ1v) is 37.5. The third-order valence-electron chi connectivity index (χ3n) is 20.2. The van der Waals surface area contributed by atoms with Crippen molar-refractivity contribution in [3.05, 3.63) is 238 Å². The fourth-order valence-corrected chi connectivity index (χ4v) is 15.4. The first-order valence-electron chi connectivity index (χ1n) is 37.5. The zero-order valence-corrected chi connectivity index (χ0v) is 69.4. The summed E-state index contributed by atoms with van der Waals surface area (Å²) in [7, 11) is 3.87. The molecule has 14 aromatic rings. The van der Waals surface area contributed by atoms with E-state index in [1.165, 1.54) is 38.0 Å². The fourth-order valence-electron chi connectivity index (χ4n) is 15.4. The number of ether oxygens (including phenoxy) is 8. The van der Waals surface area contributed by atoms with E-state index < -0.39 is 59.5 Å². The number of rotatable bonds is 13. The van der Waals surface area contributed by atoms with Gasteiger partial charge < -0.3 is 58.2 Å². The predicted molar refractivity (Wildman–Crippen MR) is 458 cm³/mol. The average Bonchev–Trinajstić information content (AvgIpc) is 0.743. The van der Waals surface area contributed by atoms with Crippen LogP contribution in [0.3, 0.4) is 0 Å². The van der Waals surface area contributed by atoms with Crippen molar-refractivity contribution in [3.8, 4) is 50.6 Å². The van der Waals surface area contributed by atoms with Crippen molar-refractivity contribution in [3.63, 3.8) is 0 Å². The van der Waals surface area contributed by atoms with E-state index in [1.54, 1.807) is 20.0 Å². The number of esters is 3. The summed E-state index contributed by atoms with van der Waals surface area (Å²) in [4.78, 5) is 81.8. The van der Waals surface area contributed by atoms with Crippen molar-refractivity contribution < 1.29 is 110 Å². The van der Waals surface area contributed by atoms with Gasteiger partial charge in [0.25, 0.3) is 0 Å². The fraction of sp³-hybridized carbons (Fsp3) is 0.295. The molecule has 7 aromatic heterocycles. The molecule has 4 atom stereocenters. The molecule has 0 saturated heterocycles. The van der Waals surface area contributed by atoms with Gasteiger partial charge in [0.15, 0.2) is 24.4 Å². The molecule has 0 amide bonds. The molecule has 0 spiro atoms. The number of aliphatic hydroxyl groups is 2. The van der Waals surface area contributed by atoms with E-state index in [4.69, 9.17) is 53.1 Å². The molecule has 22 nitrogen and oxygen atoms in total. The molecule has 3 aliphatic rings. The van der Waals surface area contributed by atoms with Gasteiger partial charge in [0.1, 0.15) is 17.2 Å². The molecule has 0 aliphatic carbocycles. The van der Waals surface area contributed by atoms with Crippen molar-refractivity contribution in [1.82, 2.24) is 34.9 Å². The van der Waals surface area contributed by atoms with Gasteiger partial charge in [0, 0.05) is 170 Å². The summed E-state index contributed by atoms with van der Waals surface area (Å²) in [5.41, 5.74) is 17.4. The number of benzene rings is 7. The van der Waals surface area contributed by atoms with Crippen LogP contribution in [0.5, 0.6) is 17.2 Å². The Morgan fingerprint density at radius 3 is 1.13 bits per heavy atom. The SMILES string of the molecule is C.C.C.COC(=O)C(OC(C)(C)C)c1c(C)nc2ccccc2c1-c1ccc2c3c(ccnc13)CCO2.COC(=O)[C@@H](O)c1[c-]c2ccccc2nc1C.COC(=O)[C@@H](O)c1c(C)nc2ccccc2c1-c1ccc2c3c(ccnc13)CCO2.Cc1nc2ccccc2c(-c2ccc3c4c(ccnc24)CCO3)c1C(OC(C)(C)C)C(=O)O.F.[Y]. The third-order valence-corrected chi connectivity index (χ3v) is 20.2. The number of aliphatic carboxylic acids is 1. The van der Waals surface area contributed by atoms with Crippen LogP contribution in [0.4, 0.5) is 4.70 Å². The second-order valence-corrected chi connectivity index (χ2v) is 29.9. The Balaban J connectivity index is 0.000000182. The molecule has 0 fully saturated rings. The molecule has 17 rings (SSSR count). The van der Waals surface area contributed by atoms with Gasteiger partial charge in [-0.25, -0.2) is 19.2 Å². The average molecular weight is 1690 g/mol. The van der Waals surface area contributed by atoms with E-state index >= 15 is 0 Å². The number of aliphatic hydroxyl groups excluding tert-OH is 2. The van der Waals surface area contributed by atoms with Gasteiger partial charge >= 0.3 is 23.9 Å². The minimum absolute atomic E-state index is 0. The second-order valence-electron chi connectivity index (χ2n) is 29.9. The van der Waals surface area contributed by atoms with Crippen LogP contribution in [0.2, 0.25) is 0 Å². The number of nitrogens with zero attached hydrogens (tertiary/aromatic N) is 7. The van der Waals surface area contributed by atoms with Crippen LogP contribution >= 0.6 is 0 Å². The number of pyridine rings is 7. The largest absolute Gasteiger partial charge is 0.493 e. The van der Waals surface area contributed by atoms with Crippen molar-refractivity contribution >= 4 is 100 Å². The van der Waals surface area contributed by atoms with Crippen molar-refractivity contribution in [2.75, 3.05) is 41.2 Å². The molecule has 10 heterocycles. The molecule has 3 N–H and O–H groups in total. The van der Waals surface area contributed by atoms with Crippen LogP contribution in [0.1, 0.15) is 150 Å². The first-order chi connectivity index (χ1) is 54.8. The Labute approximate surface area is 716 Å². The zero-order valence-electron chi connectivity index (χ0n) is 66.6. The molecule has 2 unspecified atom stereocenters. The van der Waals surface area contributed by atoms with E-state index in [0.29, 0.717) is 64.9 Å². The maximum atomic E-state index is 13.1. The van der Waals surface area contributed by atoms with Crippen LogP contribution in [-0.2, 0) is 94.8 Å². The molecular weight excluding hydrogens is 1590 g/mol. The summed E-state index contributed by atoms with van der Waals surface area (Å²) in [5, 5.41) is 37.2. The standard InChI is InChI=1S/C28H28N2O4.C27H26N2O4.C24H20N2O4.C13H12NO3.3CH4.FH.Y/c1-16-22(26(27(31)32-5)34-28(2,3)4)24(18-8-6-7-9-20(18)30-16)19-10-11-21-23-17(13-15-33-21)12-14-29-25(19)23;1-15-21(25(26(30)31)33-27(2,3)4)23(17-7-5-6-8-19(17)29-15)18-9-10-20-22-16(12-14-32-20)11-13-28-24(18)22;1-13-19(23(27)24(28)29-2)21(15-5-3-4-6-17(15)26-13)16-7-8-18-20-14(10-12-30-18)9-11-25-22(16)20;1-8-10(12(15)13(16)17-2)7-9-5-3-4-6-11(9)14-8;;;;;/h6-12,14,26H,13,15H2,1-5H3;5-11,13,25H,12,14H2,1-4H3,(H,30,31);3-9,11,23,27H,10,12H2,1-2H3;3-6,12,15H,1-2H3;3*1H4;1H;/q;;;-1;;;;;/t;;23-;12-;;;;;/m..00...../s1. The van der Waals surface area contributed by atoms with Crippen molar-refractivity contribution in [1.29, 1.82) is 0 Å². The second kappa shape index (κ2) is 38.1. The number of carboxylic acid groups (broad SMARTS) is 1. The summed E-state index contributed by atoms with van der Waals surface area (Å²) >= 11 is 0. The Hall–Kier alpha value is -11.4. The Kier molecular flexibility index (Phi) is 29.3. The molecular formula is C95H99FN7O15Y-. The number of halogens is 1. The quantitative estimate of drug-likeness (QED) is 0.0549. The minimum Gasteiger partial charge on any atom is -0.493 e. The van der Waals surface area contributed by atoms with Gasteiger partial charge in [0.05, 0.1) is 85.5 Å². The summed E-state index contributed by atoms with van der Waals surface area (Å²) in [5.74, 6) is -0.508. The summed E-state index contributed by atoms with van der Waals surface area (Å²) < 4.78 is 44.6. The van der Waals surface area contributed by atoms with Gasteiger partial charge in [-0.05, 0) is 163 Å². The number of carboxylic acids is 1. The maximum Gasteiger partial charge on any atom is 0.339 e. The van der Waals surface area contributed by atoms with Crippen LogP contribution in [0, 0.1) is 33.8 Å². The van der Waals surface area contributed by atoms with Gasteiger partial charge in [-0.3, -0.25) is 34.6 Å².